The van der Waals surface area contributed by atoms with Crippen LogP contribution in [0.4, 0.5) is 5.69 Å². The van der Waals surface area contributed by atoms with E-state index < -0.39 is 0 Å². The van der Waals surface area contributed by atoms with Crippen LogP contribution in [0.15, 0.2) is 36.4 Å². The molecule has 0 unspecified atom stereocenters. The maximum Gasteiger partial charge on any atom is 0.250 e. The van der Waals surface area contributed by atoms with Gasteiger partial charge in [0.2, 0.25) is 5.91 Å². The van der Waals surface area contributed by atoms with E-state index in [-0.39, 0.29) is 12.5 Å². The summed E-state index contributed by atoms with van der Waals surface area (Å²) >= 11 is 7.62. The van der Waals surface area contributed by atoms with Crippen molar-refractivity contribution in [1.29, 1.82) is 0 Å². The number of ether oxygens (including phenoxy) is 2. The lowest BCUT2D eigenvalue weighted by Crippen LogP contribution is -2.18. The summed E-state index contributed by atoms with van der Waals surface area (Å²) < 4.78 is 11.8. The quantitative estimate of drug-likeness (QED) is 0.691. The number of rotatable bonds is 6. The normalized spacial score (nSPS) is 10.8. The molecule has 5 nitrogen and oxygen atoms in total. The number of nitrogens with zero attached hydrogens (tertiary/aromatic N) is 1. The summed E-state index contributed by atoms with van der Waals surface area (Å²) in [5.41, 5.74) is 2.36. The van der Waals surface area contributed by atoms with Gasteiger partial charge in [-0.1, -0.05) is 23.7 Å². The molecule has 0 aliphatic rings. The second-order valence-electron chi connectivity index (χ2n) is 5.42. The Labute approximate surface area is 154 Å². The van der Waals surface area contributed by atoms with Gasteiger partial charge in [-0.25, -0.2) is 4.98 Å². The van der Waals surface area contributed by atoms with Crippen molar-refractivity contribution >= 4 is 44.7 Å². The van der Waals surface area contributed by atoms with E-state index in [0.29, 0.717) is 23.1 Å². The van der Waals surface area contributed by atoms with Crippen LogP contribution in [0.25, 0.3) is 10.2 Å². The lowest BCUT2D eigenvalue weighted by Gasteiger charge is -2.12. The fraction of sp³-hybridized carbons (Fsp3) is 0.222. The molecule has 2 aromatic carbocycles. The van der Waals surface area contributed by atoms with E-state index in [0.717, 1.165) is 20.8 Å². The average molecular weight is 377 g/mol. The van der Waals surface area contributed by atoms with Crippen LogP contribution in [-0.2, 0) is 16.1 Å². The van der Waals surface area contributed by atoms with Crippen molar-refractivity contribution in [3.63, 3.8) is 0 Å². The molecule has 0 radical (unpaired) electrons. The molecule has 0 saturated heterocycles. The second kappa shape index (κ2) is 7.82. The Morgan fingerprint density at radius 1 is 1.32 bits per heavy atom. The molecule has 1 amide bonds. The topological polar surface area (TPSA) is 60.5 Å². The molecule has 0 spiro atoms. The summed E-state index contributed by atoms with van der Waals surface area (Å²) in [5.74, 6) is 0.247. The highest BCUT2D eigenvalue weighted by atomic mass is 35.5. The molecule has 0 aliphatic carbocycles. The zero-order chi connectivity index (χ0) is 17.8. The van der Waals surface area contributed by atoms with Crippen molar-refractivity contribution in [2.45, 2.75) is 13.5 Å². The Balaban J connectivity index is 1.57. The Morgan fingerprint density at radius 2 is 2.12 bits per heavy atom. The number of benzene rings is 2. The number of amides is 1. The minimum atomic E-state index is -0.263. The first-order chi connectivity index (χ1) is 12.1. The summed E-state index contributed by atoms with van der Waals surface area (Å²) in [4.78, 5) is 16.6. The number of thiazole rings is 1. The van der Waals surface area contributed by atoms with E-state index in [1.165, 1.54) is 7.11 Å². The Bertz CT molecular complexity index is 877. The number of methoxy groups -OCH3 is 1. The van der Waals surface area contributed by atoms with E-state index >= 15 is 0 Å². The van der Waals surface area contributed by atoms with Gasteiger partial charge < -0.3 is 14.8 Å². The van der Waals surface area contributed by atoms with Crippen LogP contribution in [0.3, 0.4) is 0 Å². The number of anilines is 1. The summed E-state index contributed by atoms with van der Waals surface area (Å²) in [6, 6.07) is 11.3. The van der Waals surface area contributed by atoms with Gasteiger partial charge in [0.15, 0.2) is 0 Å². The molecule has 0 fully saturated rings. The monoisotopic (exact) mass is 376 g/mol. The highest BCUT2D eigenvalue weighted by Gasteiger charge is 2.11. The minimum absolute atomic E-state index is 0.0687. The van der Waals surface area contributed by atoms with Crippen LogP contribution in [0, 0.1) is 6.92 Å². The highest BCUT2D eigenvalue weighted by Crippen LogP contribution is 2.30. The van der Waals surface area contributed by atoms with Gasteiger partial charge in [-0.05, 0) is 30.7 Å². The average Bonchev–Trinajstić information content (AvgIpc) is 3.00. The van der Waals surface area contributed by atoms with Crippen LogP contribution in [0.2, 0.25) is 5.02 Å². The van der Waals surface area contributed by atoms with Gasteiger partial charge in [-0.15, -0.1) is 11.3 Å². The largest absolute Gasteiger partial charge is 0.495 e. The van der Waals surface area contributed by atoms with Crippen molar-refractivity contribution < 1.29 is 14.3 Å². The smallest absolute Gasteiger partial charge is 0.250 e. The Kier molecular flexibility index (Phi) is 5.53. The molecular formula is C18H17ClN2O3S. The summed E-state index contributed by atoms with van der Waals surface area (Å²) in [7, 11) is 1.53. The third-order valence-corrected chi connectivity index (χ3v) is 4.97. The standard InChI is InChI=1S/C18H17ClN2O3S/c1-11-7-14(15(23-2)8-12(11)19)20-17(22)9-24-10-18-21-13-5-3-4-6-16(13)25-18/h3-8H,9-10H2,1-2H3,(H,20,22). The van der Waals surface area contributed by atoms with Gasteiger partial charge in [0, 0.05) is 11.1 Å². The third-order valence-electron chi connectivity index (χ3n) is 3.55. The Morgan fingerprint density at radius 3 is 2.88 bits per heavy atom. The first-order valence-corrected chi connectivity index (χ1v) is 8.82. The molecule has 1 N–H and O–H groups in total. The van der Waals surface area contributed by atoms with Crippen LogP contribution < -0.4 is 10.1 Å². The van der Waals surface area contributed by atoms with E-state index in [1.54, 1.807) is 23.5 Å². The molecule has 3 rings (SSSR count). The molecular weight excluding hydrogens is 360 g/mol. The van der Waals surface area contributed by atoms with Gasteiger partial charge in [0.05, 0.1) is 29.6 Å². The summed E-state index contributed by atoms with van der Waals surface area (Å²) in [5, 5.41) is 4.20. The zero-order valence-electron chi connectivity index (χ0n) is 13.8. The van der Waals surface area contributed by atoms with E-state index in [2.05, 4.69) is 10.3 Å². The lowest BCUT2D eigenvalue weighted by atomic mass is 10.2. The maximum absolute atomic E-state index is 12.1. The van der Waals surface area contributed by atoms with Gasteiger partial charge in [0.25, 0.3) is 0 Å². The number of para-hydroxylation sites is 1. The zero-order valence-corrected chi connectivity index (χ0v) is 15.4. The van der Waals surface area contributed by atoms with Crippen molar-refractivity contribution in [2.75, 3.05) is 19.0 Å². The van der Waals surface area contributed by atoms with Gasteiger partial charge in [-0.3, -0.25) is 4.79 Å². The molecule has 7 heteroatoms. The molecule has 1 aromatic heterocycles. The van der Waals surface area contributed by atoms with Gasteiger partial charge >= 0.3 is 0 Å². The number of hydrogen-bond acceptors (Lipinski definition) is 5. The first-order valence-electron chi connectivity index (χ1n) is 7.63. The van der Waals surface area contributed by atoms with E-state index in [9.17, 15) is 4.79 Å². The summed E-state index contributed by atoms with van der Waals surface area (Å²) in [6.45, 7) is 2.09. The number of aryl methyl sites for hydroxylation is 1. The Hall–Kier alpha value is -2.15. The number of hydrogen-bond donors (Lipinski definition) is 1. The SMILES string of the molecule is COc1cc(Cl)c(C)cc1NC(=O)COCc1nc2ccccc2s1. The van der Waals surface area contributed by atoms with Crippen molar-refractivity contribution in [3.05, 3.63) is 52.0 Å². The minimum Gasteiger partial charge on any atom is -0.495 e. The van der Waals surface area contributed by atoms with Crippen LogP contribution in [0.5, 0.6) is 5.75 Å². The van der Waals surface area contributed by atoms with Crippen LogP contribution in [0.1, 0.15) is 10.6 Å². The molecule has 0 aliphatic heterocycles. The number of halogens is 1. The predicted octanol–water partition coefficient (Wildman–Crippen LogP) is 4.42. The van der Waals surface area contributed by atoms with Crippen LogP contribution >= 0.6 is 22.9 Å². The molecule has 1 heterocycles. The van der Waals surface area contributed by atoms with E-state index in [1.807, 2.05) is 31.2 Å². The second-order valence-corrected chi connectivity index (χ2v) is 6.94. The number of carbonyl (C=O) groups excluding carboxylic acids is 1. The summed E-state index contributed by atoms with van der Waals surface area (Å²) in [6.07, 6.45) is 0. The van der Waals surface area contributed by atoms with E-state index in [4.69, 9.17) is 21.1 Å². The number of nitrogens with one attached hydrogen (secondary N) is 1. The molecule has 130 valence electrons. The van der Waals surface area contributed by atoms with Crippen molar-refractivity contribution in [3.8, 4) is 5.75 Å². The molecule has 0 bridgehead atoms. The first kappa shape index (κ1) is 17.7. The predicted molar refractivity (Wildman–Crippen MR) is 101 cm³/mol. The van der Waals surface area contributed by atoms with Crippen molar-refractivity contribution in [2.24, 2.45) is 0 Å². The molecule has 0 saturated carbocycles. The number of fused-ring (bicyclic) bond motifs is 1. The number of carbonyl (C=O) groups is 1. The van der Waals surface area contributed by atoms with Gasteiger partial charge in [0.1, 0.15) is 17.4 Å². The fourth-order valence-electron chi connectivity index (χ4n) is 2.33. The molecule has 0 atom stereocenters. The highest BCUT2D eigenvalue weighted by molar-refractivity contribution is 7.18. The molecule has 25 heavy (non-hydrogen) atoms. The van der Waals surface area contributed by atoms with Crippen LogP contribution in [-0.4, -0.2) is 24.6 Å². The third kappa shape index (κ3) is 4.28. The number of aromatic nitrogens is 1. The molecule has 3 aromatic rings. The fourth-order valence-corrected chi connectivity index (χ4v) is 3.39. The maximum atomic E-state index is 12.1. The lowest BCUT2D eigenvalue weighted by molar-refractivity contribution is -0.121. The van der Waals surface area contributed by atoms with Crippen molar-refractivity contribution in [1.82, 2.24) is 4.98 Å². The van der Waals surface area contributed by atoms with Gasteiger partial charge in [-0.2, -0.15) is 0 Å².